The average molecular weight is 236 g/mol. The van der Waals surface area contributed by atoms with E-state index in [1.54, 1.807) is 0 Å². The summed E-state index contributed by atoms with van der Waals surface area (Å²) in [7, 11) is 0. The molecule has 0 bridgehead atoms. The van der Waals surface area contributed by atoms with Crippen molar-refractivity contribution in [3.05, 3.63) is 0 Å². The maximum atomic E-state index is 9.10. The fourth-order valence-electron chi connectivity index (χ4n) is 0. The molecule has 0 heterocycles. The third kappa shape index (κ3) is 25.7. The van der Waals surface area contributed by atoms with Gasteiger partial charge in [-0.1, -0.05) is 0 Å². The SMILES string of the molecule is O.O=C(O)C(=O)O.[NH4+].[Nb].[OH-]. The largest absolute Gasteiger partial charge is 0.870 e. The second kappa shape index (κ2) is 15.8. The van der Waals surface area contributed by atoms with E-state index in [1.807, 2.05) is 0 Å². The zero-order chi connectivity index (χ0) is 5.15. The molecule has 0 aliphatic rings. The number of quaternary nitrogens is 1. The second-order valence-corrected chi connectivity index (χ2v) is 0.610. The minimum absolute atomic E-state index is 0. The molecular weight excluding hydrogens is 227 g/mol. The molecule has 0 rings (SSSR count). The Morgan fingerprint density at radius 1 is 1.00 bits per heavy atom. The van der Waals surface area contributed by atoms with Gasteiger partial charge in [0.1, 0.15) is 0 Å². The van der Waals surface area contributed by atoms with E-state index < -0.39 is 11.9 Å². The van der Waals surface area contributed by atoms with Crippen LogP contribution in [-0.2, 0) is 32.0 Å². The summed E-state index contributed by atoms with van der Waals surface area (Å²) in [6.45, 7) is 0. The van der Waals surface area contributed by atoms with Crippen molar-refractivity contribution in [1.82, 2.24) is 6.15 Å². The van der Waals surface area contributed by atoms with Crippen molar-refractivity contribution in [2.75, 3.05) is 0 Å². The van der Waals surface area contributed by atoms with Crippen LogP contribution in [0.3, 0.4) is 0 Å². The topological polar surface area (TPSA) is 173 Å². The van der Waals surface area contributed by atoms with Crippen LogP contribution in [0, 0.1) is 0 Å². The molecule has 63 valence electrons. The molecule has 0 aromatic carbocycles. The number of aliphatic carboxylic acids is 2. The van der Waals surface area contributed by atoms with E-state index in [-0.39, 0.29) is 39.5 Å². The minimum atomic E-state index is -1.82. The quantitative estimate of drug-likeness (QED) is 0.343. The first-order valence-corrected chi connectivity index (χ1v) is 1.11. The Morgan fingerprint density at radius 3 is 1.10 bits per heavy atom. The van der Waals surface area contributed by atoms with Gasteiger partial charge in [0.15, 0.2) is 0 Å². The first kappa shape index (κ1) is 33.7. The molecule has 9 N–H and O–H groups in total. The van der Waals surface area contributed by atoms with Gasteiger partial charge in [-0.3, -0.25) is 0 Å². The third-order valence-electron chi connectivity index (χ3n) is 0.183. The zero-order valence-electron chi connectivity index (χ0n) is 5.11. The van der Waals surface area contributed by atoms with Gasteiger partial charge in [-0.25, -0.2) is 9.59 Å². The van der Waals surface area contributed by atoms with Crippen LogP contribution in [-0.4, -0.2) is 33.1 Å². The summed E-state index contributed by atoms with van der Waals surface area (Å²) in [6.07, 6.45) is 0. The number of carboxylic acid groups (broad SMARTS) is 2. The van der Waals surface area contributed by atoms with Crippen LogP contribution in [0.25, 0.3) is 0 Å². The Bertz CT molecular complexity index is 81.7. The van der Waals surface area contributed by atoms with Crippen molar-refractivity contribution >= 4 is 11.9 Å². The van der Waals surface area contributed by atoms with Crippen molar-refractivity contribution in [1.29, 1.82) is 0 Å². The smallest absolute Gasteiger partial charge is 0.414 e. The predicted molar refractivity (Wildman–Crippen MR) is 26.8 cm³/mol. The fraction of sp³-hybridized carbons (Fsp3) is 0. The molecule has 0 unspecified atom stereocenters. The van der Waals surface area contributed by atoms with Crippen LogP contribution in [0.1, 0.15) is 0 Å². The van der Waals surface area contributed by atoms with Gasteiger partial charge in [0.2, 0.25) is 0 Å². The maximum Gasteiger partial charge on any atom is 0.414 e. The molecule has 0 atom stereocenters. The summed E-state index contributed by atoms with van der Waals surface area (Å²) < 4.78 is 0. The van der Waals surface area contributed by atoms with Crippen molar-refractivity contribution < 1.29 is 53.1 Å². The summed E-state index contributed by atoms with van der Waals surface area (Å²) in [4.78, 5) is 18.2. The standard InChI is InChI=1S/C2H2O4.H3N.Nb.2H2O/c3-1(4)2(5)6;;;;/h(H,3,4)(H,5,6);1H3;;2*1H2. The van der Waals surface area contributed by atoms with Crippen molar-refractivity contribution in [3.8, 4) is 0 Å². The van der Waals surface area contributed by atoms with E-state index in [9.17, 15) is 0 Å². The van der Waals surface area contributed by atoms with Crippen LogP contribution < -0.4 is 6.15 Å². The van der Waals surface area contributed by atoms with Gasteiger partial charge in [-0.15, -0.1) is 0 Å². The first-order chi connectivity index (χ1) is 2.64. The van der Waals surface area contributed by atoms with E-state index >= 15 is 0 Å². The normalized spacial score (nSPS) is 4.40. The Hall–Kier alpha value is -0.440. The number of hydrogen-bond donors (Lipinski definition) is 3. The Labute approximate surface area is 71.7 Å². The second-order valence-electron chi connectivity index (χ2n) is 0.610. The van der Waals surface area contributed by atoms with Gasteiger partial charge in [0.25, 0.3) is 0 Å². The number of hydrogen-bond acceptors (Lipinski definition) is 3. The van der Waals surface area contributed by atoms with E-state index in [4.69, 9.17) is 19.8 Å². The number of carbonyl (C=O) groups is 2. The van der Waals surface area contributed by atoms with Crippen molar-refractivity contribution in [2.45, 2.75) is 0 Å². The molecule has 0 fully saturated rings. The van der Waals surface area contributed by atoms with Crippen molar-refractivity contribution in [2.24, 2.45) is 0 Å². The van der Waals surface area contributed by atoms with Crippen LogP contribution in [0.5, 0.6) is 0 Å². The summed E-state index contributed by atoms with van der Waals surface area (Å²) in [5.41, 5.74) is 0. The average Bonchev–Trinajstić information content (AvgIpc) is 1.36. The van der Waals surface area contributed by atoms with Crippen LogP contribution in [0.2, 0.25) is 0 Å². The molecule has 0 aliphatic carbocycles. The summed E-state index contributed by atoms with van der Waals surface area (Å²) in [6, 6.07) is 0. The van der Waals surface area contributed by atoms with E-state index in [2.05, 4.69) is 0 Å². The molecule has 7 nitrogen and oxygen atoms in total. The fourth-order valence-corrected chi connectivity index (χ4v) is 0. The number of carboxylic acids is 2. The van der Waals surface area contributed by atoms with Crippen LogP contribution in [0.15, 0.2) is 0 Å². The monoisotopic (exact) mass is 236 g/mol. The zero-order valence-corrected chi connectivity index (χ0v) is 7.30. The molecule has 10 heavy (non-hydrogen) atoms. The molecular formula is C2H9NNbO6. The molecule has 8 heteroatoms. The predicted octanol–water partition coefficient (Wildman–Crippen LogP) is -1.47. The Morgan fingerprint density at radius 2 is 1.10 bits per heavy atom. The van der Waals surface area contributed by atoms with E-state index in [0.717, 1.165) is 0 Å². The first-order valence-electron chi connectivity index (χ1n) is 1.11. The summed E-state index contributed by atoms with van der Waals surface area (Å²) in [5, 5.41) is 14.8. The molecule has 0 amide bonds. The Balaban J connectivity index is -0.0000000208. The molecule has 0 aliphatic heterocycles. The van der Waals surface area contributed by atoms with Gasteiger partial charge >= 0.3 is 11.9 Å². The molecule has 1 radical (unpaired) electrons. The number of rotatable bonds is 0. The van der Waals surface area contributed by atoms with Crippen LogP contribution >= 0.6 is 0 Å². The van der Waals surface area contributed by atoms with E-state index in [0.29, 0.717) is 0 Å². The minimum Gasteiger partial charge on any atom is -0.870 e. The van der Waals surface area contributed by atoms with Gasteiger partial charge in [0.05, 0.1) is 0 Å². The molecule has 0 saturated heterocycles. The maximum absolute atomic E-state index is 9.10. The van der Waals surface area contributed by atoms with Gasteiger partial charge in [-0.05, 0) is 0 Å². The van der Waals surface area contributed by atoms with Crippen LogP contribution in [0.4, 0.5) is 0 Å². The summed E-state index contributed by atoms with van der Waals surface area (Å²) >= 11 is 0. The van der Waals surface area contributed by atoms with Gasteiger partial charge in [0, 0.05) is 22.4 Å². The van der Waals surface area contributed by atoms with Crippen molar-refractivity contribution in [3.63, 3.8) is 0 Å². The molecule has 0 saturated carbocycles. The third-order valence-corrected chi connectivity index (χ3v) is 0.183. The molecule has 0 aromatic rings. The van der Waals surface area contributed by atoms with Gasteiger partial charge in [-0.2, -0.15) is 0 Å². The van der Waals surface area contributed by atoms with Gasteiger partial charge < -0.3 is 27.3 Å². The summed E-state index contributed by atoms with van der Waals surface area (Å²) in [5.74, 6) is -3.65. The van der Waals surface area contributed by atoms with E-state index in [1.165, 1.54) is 0 Å². The molecule has 0 aromatic heterocycles. The Kier molecular flexibility index (Phi) is 53.3. The molecule has 0 spiro atoms.